The van der Waals surface area contributed by atoms with Crippen molar-refractivity contribution < 1.29 is 9.31 Å². The summed E-state index contributed by atoms with van der Waals surface area (Å²) in [6, 6.07) is 8.79. The number of rotatable bonds is 2. The first-order valence-corrected chi connectivity index (χ1v) is 7.45. The summed E-state index contributed by atoms with van der Waals surface area (Å²) in [5.41, 5.74) is 3.07. The summed E-state index contributed by atoms with van der Waals surface area (Å²) in [5, 5.41) is 0. The van der Waals surface area contributed by atoms with Crippen molar-refractivity contribution in [2.45, 2.75) is 51.5 Å². The molecule has 2 nitrogen and oxygen atoms in total. The summed E-state index contributed by atoms with van der Waals surface area (Å²) in [4.78, 5) is 0. The van der Waals surface area contributed by atoms with Gasteiger partial charge in [-0.15, -0.1) is 0 Å². The second kappa shape index (κ2) is 4.09. The van der Waals surface area contributed by atoms with E-state index in [-0.39, 0.29) is 11.0 Å². The van der Waals surface area contributed by atoms with Gasteiger partial charge >= 0.3 is 5.90 Å². The predicted molar refractivity (Wildman–Crippen MR) is 78.0 cm³/mol. The van der Waals surface area contributed by atoms with Crippen LogP contribution in [0.3, 0.4) is 0 Å². The van der Waals surface area contributed by atoms with Crippen molar-refractivity contribution in [3.05, 3.63) is 35.4 Å². The fourth-order valence-electron chi connectivity index (χ4n) is 4.00. The standard InChI is InChI=1S/C17H24NO/c1-5-16(3)14-10-8-7-9-13(14)15-18(11-12-19-15)17(16,4)6-2/h7-10H,5-6,11-12H2,1-4H3/q+1. The second-order valence-electron chi connectivity index (χ2n) is 6.16. The zero-order chi connectivity index (χ0) is 13.7. The van der Waals surface area contributed by atoms with Gasteiger partial charge in [0.1, 0.15) is 0 Å². The van der Waals surface area contributed by atoms with Crippen molar-refractivity contribution in [3.8, 4) is 0 Å². The van der Waals surface area contributed by atoms with Crippen LogP contribution in [0.4, 0.5) is 0 Å². The third kappa shape index (κ3) is 1.40. The van der Waals surface area contributed by atoms with Crippen molar-refractivity contribution in [2.75, 3.05) is 13.2 Å². The Labute approximate surface area is 116 Å². The first kappa shape index (κ1) is 12.7. The molecule has 0 aliphatic carbocycles. The molecule has 3 rings (SSSR count). The van der Waals surface area contributed by atoms with Gasteiger partial charge in [-0.2, -0.15) is 4.58 Å². The van der Waals surface area contributed by atoms with Gasteiger partial charge in [-0.05, 0) is 25.0 Å². The van der Waals surface area contributed by atoms with Crippen molar-refractivity contribution in [1.82, 2.24) is 0 Å². The van der Waals surface area contributed by atoms with E-state index in [0.29, 0.717) is 0 Å². The van der Waals surface area contributed by atoms with Crippen molar-refractivity contribution >= 4 is 5.90 Å². The van der Waals surface area contributed by atoms with Gasteiger partial charge in [0.2, 0.25) is 0 Å². The quantitative estimate of drug-likeness (QED) is 0.741. The molecule has 0 N–H and O–H groups in total. The number of hydrogen-bond donors (Lipinski definition) is 0. The largest absolute Gasteiger partial charge is 0.438 e. The molecule has 2 heteroatoms. The molecule has 0 aromatic heterocycles. The monoisotopic (exact) mass is 258 g/mol. The van der Waals surface area contributed by atoms with Gasteiger partial charge < -0.3 is 4.74 Å². The Morgan fingerprint density at radius 1 is 1.16 bits per heavy atom. The molecule has 2 unspecified atom stereocenters. The van der Waals surface area contributed by atoms with Crippen LogP contribution in [0.15, 0.2) is 24.3 Å². The highest BCUT2D eigenvalue weighted by Gasteiger charge is 2.58. The lowest BCUT2D eigenvalue weighted by Gasteiger charge is -2.45. The summed E-state index contributed by atoms with van der Waals surface area (Å²) in [5.74, 6) is 1.10. The zero-order valence-electron chi connectivity index (χ0n) is 12.5. The Balaban J connectivity index is 2.33. The van der Waals surface area contributed by atoms with Crippen LogP contribution in [-0.4, -0.2) is 29.2 Å². The number of ether oxygens (including phenoxy) is 1. The van der Waals surface area contributed by atoms with Gasteiger partial charge in [0, 0.05) is 13.3 Å². The summed E-state index contributed by atoms with van der Waals surface area (Å²) in [6.07, 6.45) is 2.29. The molecule has 0 saturated heterocycles. The highest BCUT2D eigenvalue weighted by molar-refractivity contribution is 5.94. The van der Waals surface area contributed by atoms with E-state index < -0.39 is 0 Å². The van der Waals surface area contributed by atoms with Gasteiger partial charge in [-0.25, -0.2) is 0 Å². The Hall–Kier alpha value is -1.31. The first-order chi connectivity index (χ1) is 9.08. The van der Waals surface area contributed by atoms with Crippen molar-refractivity contribution in [2.24, 2.45) is 0 Å². The van der Waals surface area contributed by atoms with E-state index in [9.17, 15) is 0 Å². The molecule has 0 spiro atoms. The molecule has 2 aliphatic rings. The van der Waals surface area contributed by atoms with Crippen LogP contribution in [0.2, 0.25) is 0 Å². The topological polar surface area (TPSA) is 12.2 Å². The molecule has 102 valence electrons. The Morgan fingerprint density at radius 2 is 1.89 bits per heavy atom. The molecule has 0 fully saturated rings. The van der Waals surface area contributed by atoms with E-state index in [1.54, 1.807) is 0 Å². The van der Waals surface area contributed by atoms with Crippen LogP contribution in [0.25, 0.3) is 0 Å². The maximum atomic E-state index is 5.96. The molecule has 2 heterocycles. The van der Waals surface area contributed by atoms with Crippen molar-refractivity contribution in [1.29, 1.82) is 0 Å². The molecule has 1 aromatic carbocycles. The lowest BCUT2D eigenvalue weighted by Crippen LogP contribution is -2.58. The van der Waals surface area contributed by atoms with E-state index in [0.717, 1.165) is 31.9 Å². The number of hydrogen-bond acceptors (Lipinski definition) is 1. The van der Waals surface area contributed by atoms with Gasteiger partial charge in [0.15, 0.2) is 18.7 Å². The van der Waals surface area contributed by atoms with Crippen LogP contribution >= 0.6 is 0 Å². The SMILES string of the molecule is CCC1(C)c2ccccc2C2=[N+](CCO2)C1(C)CC. The molecule has 2 atom stereocenters. The molecule has 2 aliphatic heterocycles. The average molecular weight is 258 g/mol. The van der Waals surface area contributed by atoms with Crippen LogP contribution < -0.4 is 0 Å². The molecular weight excluding hydrogens is 234 g/mol. The summed E-state index contributed by atoms with van der Waals surface area (Å²) in [7, 11) is 0. The maximum Gasteiger partial charge on any atom is 0.371 e. The summed E-state index contributed by atoms with van der Waals surface area (Å²) >= 11 is 0. The molecule has 19 heavy (non-hydrogen) atoms. The molecule has 1 aromatic rings. The van der Waals surface area contributed by atoms with Crippen LogP contribution in [-0.2, 0) is 10.2 Å². The summed E-state index contributed by atoms with van der Waals surface area (Å²) in [6.45, 7) is 11.3. The predicted octanol–water partition coefficient (Wildman–Crippen LogP) is 3.33. The smallest absolute Gasteiger partial charge is 0.371 e. The minimum Gasteiger partial charge on any atom is -0.438 e. The Morgan fingerprint density at radius 3 is 2.58 bits per heavy atom. The van der Waals surface area contributed by atoms with Crippen LogP contribution in [0.5, 0.6) is 0 Å². The van der Waals surface area contributed by atoms with E-state index >= 15 is 0 Å². The van der Waals surface area contributed by atoms with Gasteiger partial charge in [0.25, 0.3) is 0 Å². The van der Waals surface area contributed by atoms with Crippen LogP contribution in [0.1, 0.15) is 51.7 Å². The highest BCUT2D eigenvalue weighted by Crippen LogP contribution is 2.47. The number of benzene rings is 1. The normalized spacial score (nSPS) is 32.8. The van der Waals surface area contributed by atoms with E-state index in [1.165, 1.54) is 11.1 Å². The fourth-order valence-corrected chi connectivity index (χ4v) is 4.00. The average Bonchev–Trinajstić information content (AvgIpc) is 2.94. The lowest BCUT2D eigenvalue weighted by molar-refractivity contribution is -0.612. The third-order valence-corrected chi connectivity index (χ3v) is 5.73. The minimum absolute atomic E-state index is 0.141. The third-order valence-electron chi connectivity index (χ3n) is 5.73. The van der Waals surface area contributed by atoms with Gasteiger partial charge in [-0.3, -0.25) is 0 Å². The molecular formula is C17H24NO+. The van der Waals surface area contributed by atoms with E-state index in [4.69, 9.17) is 4.74 Å². The second-order valence-corrected chi connectivity index (χ2v) is 6.16. The Bertz CT molecular complexity index is 548. The number of fused-ring (bicyclic) bond motifs is 2. The van der Waals surface area contributed by atoms with E-state index in [2.05, 4.69) is 56.5 Å². The molecule has 0 bridgehead atoms. The van der Waals surface area contributed by atoms with Crippen LogP contribution in [0, 0.1) is 0 Å². The summed E-state index contributed by atoms with van der Waals surface area (Å²) < 4.78 is 8.47. The Kier molecular flexibility index (Phi) is 2.74. The number of nitrogens with zero attached hydrogens (tertiary/aromatic N) is 1. The van der Waals surface area contributed by atoms with Gasteiger partial charge in [-0.1, -0.05) is 32.0 Å². The van der Waals surface area contributed by atoms with E-state index in [1.807, 2.05) is 0 Å². The lowest BCUT2D eigenvalue weighted by atomic mass is 9.61. The fraction of sp³-hybridized carbons (Fsp3) is 0.588. The molecule has 0 saturated carbocycles. The molecule has 0 radical (unpaired) electrons. The zero-order valence-corrected chi connectivity index (χ0v) is 12.5. The first-order valence-electron chi connectivity index (χ1n) is 7.45. The molecule has 0 amide bonds. The highest BCUT2D eigenvalue weighted by atomic mass is 16.5. The minimum atomic E-state index is 0.141. The maximum absolute atomic E-state index is 5.96. The van der Waals surface area contributed by atoms with Crippen molar-refractivity contribution in [3.63, 3.8) is 0 Å². The van der Waals surface area contributed by atoms with Gasteiger partial charge in [0.05, 0.1) is 11.0 Å².